The van der Waals surface area contributed by atoms with Gasteiger partial charge in [-0.05, 0) is 42.5 Å². The summed E-state index contributed by atoms with van der Waals surface area (Å²) in [6, 6.07) is 10.8. The molecule has 1 aromatic heterocycles. The lowest BCUT2D eigenvalue weighted by atomic mass is 10.2. The van der Waals surface area contributed by atoms with Crippen LogP contribution in [0.15, 0.2) is 47.8 Å². The van der Waals surface area contributed by atoms with Gasteiger partial charge in [0.2, 0.25) is 6.79 Å². The summed E-state index contributed by atoms with van der Waals surface area (Å²) in [6.07, 6.45) is 0. The van der Waals surface area contributed by atoms with E-state index in [1.54, 1.807) is 35.7 Å². The molecule has 2 heterocycles. The van der Waals surface area contributed by atoms with Crippen LogP contribution >= 0.6 is 11.3 Å². The van der Waals surface area contributed by atoms with Crippen molar-refractivity contribution >= 4 is 23.2 Å². The number of carbonyl (C=O) groups is 2. The summed E-state index contributed by atoms with van der Waals surface area (Å²) >= 11 is 1.37. The first-order valence-electron chi connectivity index (χ1n) is 8.62. The van der Waals surface area contributed by atoms with E-state index in [0.29, 0.717) is 27.8 Å². The van der Waals surface area contributed by atoms with E-state index in [-0.39, 0.29) is 25.8 Å². The molecule has 0 unspecified atom stereocenters. The van der Waals surface area contributed by atoms with Gasteiger partial charge in [-0.3, -0.25) is 9.59 Å². The highest BCUT2D eigenvalue weighted by Gasteiger charge is 2.17. The summed E-state index contributed by atoms with van der Waals surface area (Å²) in [5.74, 6) is -0.268. The zero-order valence-electron chi connectivity index (χ0n) is 15.0. The lowest BCUT2D eigenvalue weighted by Crippen LogP contribution is -2.30. The Morgan fingerprint density at radius 1 is 1.14 bits per heavy atom. The molecule has 4 rings (SSSR count). The Kier molecular flexibility index (Phi) is 5.39. The molecule has 0 bridgehead atoms. The molecule has 0 radical (unpaired) electrons. The van der Waals surface area contributed by atoms with Gasteiger partial charge in [0.1, 0.15) is 24.0 Å². The monoisotopic (exact) mass is 414 g/mol. The molecular weight excluding hydrogens is 399 g/mol. The van der Waals surface area contributed by atoms with Gasteiger partial charge in [0.25, 0.3) is 5.91 Å². The zero-order valence-corrected chi connectivity index (χ0v) is 15.8. The largest absolute Gasteiger partial charge is 0.458 e. The number of nitrogens with one attached hydrogen (secondary N) is 1. The summed E-state index contributed by atoms with van der Waals surface area (Å²) < 4.78 is 28.6. The Bertz CT molecular complexity index is 1050. The number of aromatic nitrogens is 1. The van der Waals surface area contributed by atoms with Crippen molar-refractivity contribution in [1.82, 2.24) is 10.3 Å². The van der Waals surface area contributed by atoms with E-state index in [2.05, 4.69) is 10.3 Å². The normalized spacial score (nSPS) is 11.9. The highest BCUT2D eigenvalue weighted by molar-refractivity contribution is 7.13. The Labute approximate surface area is 169 Å². The molecule has 0 saturated heterocycles. The van der Waals surface area contributed by atoms with Crippen molar-refractivity contribution in [1.29, 1.82) is 0 Å². The van der Waals surface area contributed by atoms with Crippen LogP contribution < -0.4 is 14.8 Å². The molecule has 0 aliphatic carbocycles. The van der Waals surface area contributed by atoms with E-state index in [0.717, 1.165) is 5.56 Å². The number of fused-ring (bicyclic) bond motifs is 1. The second-order valence-electron chi connectivity index (χ2n) is 6.06. The number of hydrogen-bond donors (Lipinski definition) is 1. The number of amides is 1. The Morgan fingerprint density at radius 3 is 2.76 bits per heavy atom. The summed E-state index contributed by atoms with van der Waals surface area (Å²) in [5.41, 5.74) is 1.71. The molecule has 1 aliphatic rings. The number of benzene rings is 2. The molecule has 0 atom stereocenters. The number of nitrogens with zero attached hydrogens (tertiary/aromatic N) is 1. The average Bonchev–Trinajstić information content (AvgIpc) is 3.40. The highest BCUT2D eigenvalue weighted by atomic mass is 32.1. The van der Waals surface area contributed by atoms with Gasteiger partial charge in [-0.25, -0.2) is 9.37 Å². The zero-order chi connectivity index (χ0) is 20.2. The molecule has 0 saturated carbocycles. The third-order valence-corrected chi connectivity index (χ3v) is 4.99. The summed E-state index contributed by atoms with van der Waals surface area (Å²) in [5, 5.41) is 4.96. The fourth-order valence-corrected chi connectivity index (χ4v) is 3.41. The topological polar surface area (TPSA) is 86.8 Å². The summed E-state index contributed by atoms with van der Waals surface area (Å²) in [6.45, 7) is -0.176. The number of rotatable bonds is 6. The van der Waals surface area contributed by atoms with Crippen LogP contribution in [-0.4, -0.2) is 30.2 Å². The van der Waals surface area contributed by atoms with Crippen molar-refractivity contribution in [2.45, 2.75) is 6.61 Å². The predicted octanol–water partition coefficient (Wildman–Crippen LogP) is 3.15. The smallest absolute Gasteiger partial charge is 0.325 e. The van der Waals surface area contributed by atoms with Crippen LogP contribution in [0.25, 0.3) is 10.6 Å². The fourth-order valence-electron chi connectivity index (χ4n) is 2.60. The van der Waals surface area contributed by atoms with Crippen molar-refractivity contribution in [2.24, 2.45) is 0 Å². The fraction of sp³-hybridized carbons (Fsp3) is 0.150. The summed E-state index contributed by atoms with van der Waals surface area (Å²) in [7, 11) is 0. The molecule has 2 aromatic carbocycles. The molecule has 148 valence electrons. The minimum atomic E-state index is -0.588. The number of carbonyl (C=O) groups excluding carboxylic acids is 2. The van der Waals surface area contributed by atoms with Crippen molar-refractivity contribution < 1.29 is 28.2 Å². The van der Waals surface area contributed by atoms with Gasteiger partial charge in [0.05, 0.1) is 5.69 Å². The molecule has 3 aromatic rings. The van der Waals surface area contributed by atoms with Gasteiger partial charge in [-0.15, -0.1) is 11.3 Å². The van der Waals surface area contributed by atoms with Crippen LogP contribution in [0, 0.1) is 5.82 Å². The van der Waals surface area contributed by atoms with Crippen molar-refractivity contribution in [3.63, 3.8) is 0 Å². The first-order chi connectivity index (χ1) is 14.1. The maximum Gasteiger partial charge on any atom is 0.325 e. The first-order valence-corrected chi connectivity index (χ1v) is 9.50. The molecule has 9 heteroatoms. The molecule has 7 nitrogen and oxygen atoms in total. The van der Waals surface area contributed by atoms with Crippen molar-refractivity contribution in [3.8, 4) is 22.1 Å². The van der Waals surface area contributed by atoms with Gasteiger partial charge in [0.15, 0.2) is 11.5 Å². The first kappa shape index (κ1) is 18.9. The molecule has 1 aliphatic heterocycles. The quantitative estimate of drug-likeness (QED) is 0.624. The van der Waals surface area contributed by atoms with E-state index in [1.165, 1.54) is 23.5 Å². The maximum atomic E-state index is 13.0. The lowest BCUT2D eigenvalue weighted by molar-refractivity contribution is -0.143. The van der Waals surface area contributed by atoms with Crippen LogP contribution in [0.5, 0.6) is 11.5 Å². The molecule has 0 spiro atoms. The number of esters is 1. The molecule has 1 N–H and O–H groups in total. The van der Waals surface area contributed by atoms with Crippen LogP contribution in [0.4, 0.5) is 4.39 Å². The highest BCUT2D eigenvalue weighted by Crippen LogP contribution is 2.32. The Hall–Kier alpha value is -3.46. The van der Waals surface area contributed by atoms with Gasteiger partial charge in [-0.1, -0.05) is 0 Å². The van der Waals surface area contributed by atoms with E-state index < -0.39 is 11.9 Å². The molecule has 0 fully saturated rings. The number of hydrogen-bond acceptors (Lipinski definition) is 7. The van der Waals surface area contributed by atoms with Crippen molar-refractivity contribution in [3.05, 3.63) is 64.9 Å². The maximum absolute atomic E-state index is 13.0. The second kappa shape index (κ2) is 8.27. The molecule has 1 amide bonds. The van der Waals surface area contributed by atoms with Crippen LogP contribution in [0.1, 0.15) is 16.1 Å². The van der Waals surface area contributed by atoms with E-state index >= 15 is 0 Å². The lowest BCUT2D eigenvalue weighted by Gasteiger charge is -2.06. The Balaban J connectivity index is 1.26. The Morgan fingerprint density at radius 2 is 1.93 bits per heavy atom. The van der Waals surface area contributed by atoms with Crippen LogP contribution in [0.2, 0.25) is 0 Å². The van der Waals surface area contributed by atoms with Gasteiger partial charge in [0, 0.05) is 16.5 Å². The number of ether oxygens (including phenoxy) is 3. The SMILES string of the molecule is O=C(CNC(=O)c1ccc2c(c1)OCO2)OCc1csc(-c2ccc(F)cc2)n1. The number of halogens is 1. The third-order valence-electron chi connectivity index (χ3n) is 4.05. The van der Waals surface area contributed by atoms with E-state index in [1.807, 2.05) is 0 Å². The van der Waals surface area contributed by atoms with Crippen LogP contribution in [0.3, 0.4) is 0 Å². The van der Waals surface area contributed by atoms with Gasteiger partial charge in [-0.2, -0.15) is 0 Å². The second-order valence-corrected chi connectivity index (χ2v) is 6.92. The minimum Gasteiger partial charge on any atom is -0.458 e. The average molecular weight is 414 g/mol. The minimum absolute atomic E-state index is 0.0174. The van der Waals surface area contributed by atoms with Crippen molar-refractivity contribution in [2.75, 3.05) is 13.3 Å². The standard InChI is InChI=1S/C20H15FN2O5S/c21-14-4-1-12(2-5-14)20-23-15(10-29-20)9-26-18(24)8-22-19(25)13-3-6-16-17(7-13)28-11-27-16/h1-7,10H,8-9,11H2,(H,22,25). The van der Waals surface area contributed by atoms with E-state index in [9.17, 15) is 14.0 Å². The summed E-state index contributed by atoms with van der Waals surface area (Å²) in [4.78, 5) is 28.4. The molecular formula is C20H15FN2O5S. The van der Waals surface area contributed by atoms with Gasteiger partial charge < -0.3 is 19.5 Å². The molecule has 29 heavy (non-hydrogen) atoms. The van der Waals surface area contributed by atoms with Crippen LogP contribution in [-0.2, 0) is 16.1 Å². The predicted molar refractivity (Wildman–Crippen MR) is 102 cm³/mol. The number of thiazole rings is 1. The third kappa shape index (κ3) is 4.52. The van der Waals surface area contributed by atoms with E-state index in [4.69, 9.17) is 14.2 Å². The van der Waals surface area contributed by atoms with Gasteiger partial charge >= 0.3 is 5.97 Å².